The number of hydrazine groups is 1. The van der Waals surface area contributed by atoms with Gasteiger partial charge in [0.15, 0.2) is 6.61 Å². The molecule has 0 bridgehead atoms. The summed E-state index contributed by atoms with van der Waals surface area (Å²) >= 11 is 0. The van der Waals surface area contributed by atoms with Crippen LogP contribution in [0.1, 0.15) is 15.9 Å². The third kappa shape index (κ3) is 3.89. The van der Waals surface area contributed by atoms with Crippen molar-refractivity contribution in [2.75, 3.05) is 6.61 Å². The molecule has 0 atom stereocenters. The summed E-state index contributed by atoms with van der Waals surface area (Å²) in [6.45, 7) is 1.57. The van der Waals surface area contributed by atoms with Gasteiger partial charge in [0.1, 0.15) is 16.9 Å². The van der Waals surface area contributed by atoms with Crippen molar-refractivity contribution < 1.29 is 18.7 Å². The fraction of sp³-hybridized carbons (Fsp3) is 0.105. The Balaban J connectivity index is 1.60. The number of hydrogen-bond acceptors (Lipinski definition) is 5. The molecule has 2 N–H and O–H groups in total. The molecule has 132 valence electrons. The highest BCUT2D eigenvalue weighted by Gasteiger charge is 2.14. The number of hydrogen-bond donors (Lipinski definition) is 2. The Kier molecular flexibility index (Phi) is 4.98. The van der Waals surface area contributed by atoms with Crippen LogP contribution in [0.5, 0.6) is 5.75 Å². The van der Waals surface area contributed by atoms with Crippen LogP contribution in [-0.2, 0) is 4.79 Å². The van der Waals surface area contributed by atoms with Crippen molar-refractivity contribution in [1.82, 2.24) is 10.9 Å². The monoisotopic (exact) mass is 352 g/mol. The zero-order valence-electron chi connectivity index (χ0n) is 13.9. The van der Waals surface area contributed by atoms with Crippen LogP contribution >= 0.6 is 0 Å². The van der Waals surface area contributed by atoms with Gasteiger partial charge in [-0.1, -0.05) is 36.4 Å². The molecular formula is C19H16N2O5. The largest absolute Gasteiger partial charge is 0.483 e. The van der Waals surface area contributed by atoms with E-state index in [1.165, 1.54) is 6.07 Å². The zero-order chi connectivity index (χ0) is 18.5. The molecular weight excluding hydrogens is 336 g/mol. The maximum absolute atomic E-state index is 12.1. The molecule has 0 fully saturated rings. The van der Waals surface area contributed by atoms with Gasteiger partial charge < -0.3 is 9.15 Å². The number of nitrogens with one attached hydrogen (secondary N) is 2. The molecule has 0 spiro atoms. The molecule has 1 heterocycles. The van der Waals surface area contributed by atoms with Gasteiger partial charge in [-0.2, -0.15) is 0 Å². The van der Waals surface area contributed by atoms with Gasteiger partial charge >= 0.3 is 5.63 Å². The second-order valence-corrected chi connectivity index (χ2v) is 5.54. The topological polar surface area (TPSA) is 97.6 Å². The first kappa shape index (κ1) is 17.2. The highest BCUT2D eigenvalue weighted by molar-refractivity contribution is 5.97. The van der Waals surface area contributed by atoms with Crippen molar-refractivity contribution in [1.29, 1.82) is 0 Å². The highest BCUT2D eigenvalue weighted by atomic mass is 16.5. The van der Waals surface area contributed by atoms with Crippen LogP contribution in [0.25, 0.3) is 11.0 Å². The van der Waals surface area contributed by atoms with E-state index in [0.29, 0.717) is 16.7 Å². The first-order chi connectivity index (χ1) is 12.5. The third-order valence-electron chi connectivity index (χ3n) is 3.65. The summed E-state index contributed by atoms with van der Waals surface area (Å²) in [6, 6.07) is 15.5. The van der Waals surface area contributed by atoms with E-state index in [1.54, 1.807) is 36.4 Å². The number of aryl methyl sites for hydroxylation is 1. The van der Waals surface area contributed by atoms with Gasteiger partial charge in [-0.05, 0) is 30.7 Å². The number of fused-ring (bicyclic) bond motifs is 1. The average Bonchev–Trinajstić information content (AvgIpc) is 2.65. The molecule has 1 aromatic heterocycles. The Bertz CT molecular complexity index is 1030. The average molecular weight is 352 g/mol. The van der Waals surface area contributed by atoms with Crippen molar-refractivity contribution in [3.8, 4) is 5.75 Å². The van der Waals surface area contributed by atoms with Crippen LogP contribution in [-0.4, -0.2) is 18.4 Å². The summed E-state index contributed by atoms with van der Waals surface area (Å²) in [7, 11) is 0. The van der Waals surface area contributed by atoms with Gasteiger partial charge in [-0.25, -0.2) is 4.79 Å². The third-order valence-corrected chi connectivity index (χ3v) is 3.65. The number of carbonyl (C=O) groups excluding carboxylic acids is 2. The predicted molar refractivity (Wildman–Crippen MR) is 94.8 cm³/mol. The van der Waals surface area contributed by atoms with Gasteiger partial charge in [-0.15, -0.1) is 0 Å². The zero-order valence-corrected chi connectivity index (χ0v) is 13.9. The van der Waals surface area contributed by atoms with E-state index < -0.39 is 17.4 Å². The molecule has 0 aliphatic rings. The van der Waals surface area contributed by atoms with Crippen molar-refractivity contribution in [2.24, 2.45) is 0 Å². The number of benzene rings is 2. The van der Waals surface area contributed by atoms with Crippen LogP contribution in [0.3, 0.4) is 0 Å². The maximum atomic E-state index is 12.1. The number of para-hydroxylation sites is 2. The molecule has 0 saturated carbocycles. The van der Waals surface area contributed by atoms with Gasteiger partial charge in [0.05, 0.1) is 0 Å². The van der Waals surface area contributed by atoms with Crippen molar-refractivity contribution in [3.63, 3.8) is 0 Å². The minimum absolute atomic E-state index is 0.205. The lowest BCUT2D eigenvalue weighted by Gasteiger charge is -2.10. The van der Waals surface area contributed by atoms with Gasteiger partial charge in [0.2, 0.25) is 0 Å². The SMILES string of the molecule is Cc1ccccc1OCC(=O)NNC(=O)c1cc2ccccc2oc1=O. The molecule has 26 heavy (non-hydrogen) atoms. The molecule has 2 aromatic carbocycles. The molecule has 7 heteroatoms. The fourth-order valence-electron chi connectivity index (χ4n) is 2.31. The highest BCUT2D eigenvalue weighted by Crippen LogP contribution is 2.15. The van der Waals surface area contributed by atoms with Gasteiger partial charge in [0, 0.05) is 5.39 Å². The second-order valence-electron chi connectivity index (χ2n) is 5.54. The minimum atomic E-state index is -0.786. The van der Waals surface area contributed by atoms with Gasteiger partial charge in [-0.3, -0.25) is 20.4 Å². The van der Waals surface area contributed by atoms with E-state index >= 15 is 0 Å². The summed E-state index contributed by atoms with van der Waals surface area (Å²) < 4.78 is 10.5. The molecule has 0 aliphatic heterocycles. The summed E-state index contributed by atoms with van der Waals surface area (Å²) in [6.07, 6.45) is 0. The van der Waals surface area contributed by atoms with E-state index in [1.807, 2.05) is 19.1 Å². The Labute approximate surface area is 148 Å². The maximum Gasteiger partial charge on any atom is 0.349 e. The lowest BCUT2D eigenvalue weighted by molar-refractivity contribution is -0.123. The summed E-state index contributed by atoms with van der Waals surface area (Å²) in [5, 5.41) is 0.603. The first-order valence-corrected chi connectivity index (χ1v) is 7.85. The van der Waals surface area contributed by atoms with Gasteiger partial charge in [0.25, 0.3) is 11.8 Å². The molecule has 7 nitrogen and oxygen atoms in total. The number of amides is 2. The Morgan fingerprint density at radius 2 is 1.77 bits per heavy atom. The number of carbonyl (C=O) groups is 2. The normalized spacial score (nSPS) is 10.3. The van der Waals surface area contributed by atoms with E-state index in [-0.39, 0.29) is 12.2 Å². The predicted octanol–water partition coefficient (Wildman–Crippen LogP) is 1.94. The molecule has 0 saturated heterocycles. The van der Waals surface area contributed by atoms with Crippen LogP contribution in [0, 0.1) is 6.92 Å². The van der Waals surface area contributed by atoms with Crippen LogP contribution < -0.4 is 21.2 Å². The lowest BCUT2D eigenvalue weighted by atomic mass is 10.2. The first-order valence-electron chi connectivity index (χ1n) is 7.85. The quantitative estimate of drug-likeness (QED) is 0.552. The smallest absolute Gasteiger partial charge is 0.349 e. The summed E-state index contributed by atoms with van der Waals surface area (Å²) in [4.78, 5) is 35.8. The standard InChI is InChI=1S/C19H16N2O5/c1-12-6-2-4-8-15(12)25-11-17(22)20-21-18(23)14-10-13-7-3-5-9-16(13)26-19(14)24/h2-10H,11H2,1H3,(H,20,22)(H,21,23). The molecule has 2 amide bonds. The fourth-order valence-corrected chi connectivity index (χ4v) is 2.31. The number of ether oxygens (including phenoxy) is 1. The van der Waals surface area contributed by atoms with E-state index in [2.05, 4.69) is 10.9 Å². The van der Waals surface area contributed by atoms with Crippen LogP contribution in [0.4, 0.5) is 0 Å². The Hall–Kier alpha value is -3.61. The van der Waals surface area contributed by atoms with Crippen molar-refractivity contribution >= 4 is 22.8 Å². The number of rotatable bonds is 4. The molecule has 0 unspecified atom stereocenters. The molecule has 3 aromatic rings. The van der Waals surface area contributed by atoms with Crippen LogP contribution in [0.15, 0.2) is 63.8 Å². The molecule has 0 radical (unpaired) electrons. The van der Waals surface area contributed by atoms with Crippen molar-refractivity contribution in [3.05, 3.63) is 76.1 Å². The van der Waals surface area contributed by atoms with E-state index in [4.69, 9.17) is 9.15 Å². The summed E-state index contributed by atoms with van der Waals surface area (Å²) in [5.41, 5.74) is 4.65. The van der Waals surface area contributed by atoms with Crippen molar-refractivity contribution in [2.45, 2.75) is 6.92 Å². The van der Waals surface area contributed by atoms with E-state index in [0.717, 1.165) is 5.56 Å². The minimum Gasteiger partial charge on any atom is -0.483 e. The Morgan fingerprint density at radius 1 is 1.04 bits per heavy atom. The lowest BCUT2D eigenvalue weighted by Crippen LogP contribution is -2.45. The van der Waals surface area contributed by atoms with Crippen LogP contribution in [0.2, 0.25) is 0 Å². The molecule has 3 rings (SSSR count). The Morgan fingerprint density at radius 3 is 2.58 bits per heavy atom. The van der Waals surface area contributed by atoms with E-state index in [9.17, 15) is 14.4 Å². The molecule has 0 aliphatic carbocycles. The second kappa shape index (κ2) is 7.52. The summed E-state index contributed by atoms with van der Waals surface area (Å²) in [5.74, 6) is -0.760.